The maximum absolute atomic E-state index is 12.1. The van der Waals surface area contributed by atoms with Crippen molar-refractivity contribution in [1.82, 2.24) is 4.90 Å². The third-order valence-electron chi connectivity index (χ3n) is 4.20. The summed E-state index contributed by atoms with van der Waals surface area (Å²) in [4.78, 5) is 35.9. The normalized spacial score (nSPS) is 26.6. The molecule has 2 amide bonds. The molecule has 2 rings (SSSR count). The Bertz CT molecular complexity index is 356. The van der Waals surface area contributed by atoms with Crippen LogP contribution >= 0.6 is 0 Å². The van der Waals surface area contributed by atoms with Crippen LogP contribution in [-0.4, -0.2) is 29.2 Å². The number of carbonyl (C=O) groups is 3. The Labute approximate surface area is 113 Å². The molecule has 1 aliphatic carbocycles. The van der Waals surface area contributed by atoms with Crippen molar-refractivity contribution < 1.29 is 19.5 Å². The molecule has 2 fully saturated rings. The predicted octanol–water partition coefficient (Wildman–Crippen LogP) is 0.472. The van der Waals surface area contributed by atoms with E-state index in [2.05, 4.69) is 0 Å². The monoisotopic (exact) mass is 266 g/mol. The molecule has 0 spiro atoms. The summed E-state index contributed by atoms with van der Waals surface area (Å²) < 4.78 is 0. The van der Waals surface area contributed by atoms with Crippen molar-refractivity contribution in [3.8, 4) is 0 Å². The molecule has 1 saturated heterocycles. The number of likely N-dealkylation sites (tertiary alicyclic amines) is 1. The highest BCUT2D eigenvalue weighted by atomic mass is 16.4. The van der Waals surface area contributed by atoms with Crippen molar-refractivity contribution >= 4 is 17.8 Å². The SMILES string of the molecule is O=C([O-])CCCCCN1C(=O)[C@@H]2CCCC[C@H]2C1=O. The van der Waals surface area contributed by atoms with Crippen molar-refractivity contribution in [2.75, 3.05) is 6.54 Å². The zero-order valence-corrected chi connectivity index (χ0v) is 11.1. The topological polar surface area (TPSA) is 77.5 Å². The van der Waals surface area contributed by atoms with E-state index in [0.717, 1.165) is 25.7 Å². The molecular weight excluding hydrogens is 246 g/mol. The summed E-state index contributed by atoms with van der Waals surface area (Å²) in [6, 6.07) is 0. The lowest BCUT2D eigenvalue weighted by Crippen LogP contribution is -2.32. The Kier molecular flexibility index (Phi) is 4.56. The summed E-state index contributed by atoms with van der Waals surface area (Å²) in [5.74, 6) is -1.21. The van der Waals surface area contributed by atoms with Gasteiger partial charge in [0.05, 0.1) is 11.8 Å². The molecule has 0 aromatic heterocycles. The van der Waals surface area contributed by atoms with Crippen LogP contribution in [0.3, 0.4) is 0 Å². The lowest BCUT2D eigenvalue weighted by molar-refractivity contribution is -0.305. The summed E-state index contributed by atoms with van der Waals surface area (Å²) >= 11 is 0. The second-order valence-electron chi connectivity index (χ2n) is 5.51. The summed E-state index contributed by atoms with van der Waals surface area (Å²) in [6.45, 7) is 0.442. The second-order valence-corrected chi connectivity index (χ2v) is 5.51. The fourth-order valence-corrected chi connectivity index (χ4v) is 3.17. The van der Waals surface area contributed by atoms with E-state index >= 15 is 0 Å². The fourth-order valence-electron chi connectivity index (χ4n) is 3.17. The van der Waals surface area contributed by atoms with Crippen molar-refractivity contribution in [3.63, 3.8) is 0 Å². The second kappa shape index (κ2) is 6.17. The molecule has 0 unspecified atom stereocenters. The van der Waals surface area contributed by atoms with Crippen LogP contribution in [0.2, 0.25) is 0 Å². The lowest BCUT2D eigenvalue weighted by Gasteiger charge is -2.19. The fraction of sp³-hybridized carbons (Fsp3) is 0.786. The van der Waals surface area contributed by atoms with E-state index in [9.17, 15) is 19.5 Å². The van der Waals surface area contributed by atoms with Gasteiger partial charge in [0.1, 0.15) is 0 Å². The quantitative estimate of drug-likeness (QED) is 0.517. The number of unbranched alkanes of at least 4 members (excludes halogenated alkanes) is 2. The first kappa shape index (κ1) is 14.0. The molecular formula is C14H20NO4-. The molecule has 19 heavy (non-hydrogen) atoms. The Morgan fingerprint density at radius 2 is 1.63 bits per heavy atom. The number of carboxylic acid groups (broad SMARTS) is 1. The number of carboxylic acids is 1. The van der Waals surface area contributed by atoms with Gasteiger partial charge in [-0.3, -0.25) is 14.5 Å². The third kappa shape index (κ3) is 3.14. The van der Waals surface area contributed by atoms with E-state index in [0.29, 0.717) is 25.8 Å². The average Bonchev–Trinajstić information content (AvgIpc) is 2.63. The number of rotatable bonds is 6. The molecule has 5 heteroatoms. The molecule has 0 radical (unpaired) electrons. The van der Waals surface area contributed by atoms with Gasteiger partial charge in [0.25, 0.3) is 0 Å². The lowest BCUT2D eigenvalue weighted by atomic mass is 9.81. The standard InChI is InChI=1S/C14H21NO4/c16-12(17)8-2-1-5-9-15-13(18)10-6-3-4-7-11(10)14(15)19/h10-11H,1-9H2,(H,16,17)/p-1/t10-,11-/m1/s1. The van der Waals surface area contributed by atoms with Gasteiger partial charge in [-0.15, -0.1) is 0 Å². The molecule has 1 heterocycles. The number of hydrogen-bond acceptors (Lipinski definition) is 4. The van der Waals surface area contributed by atoms with Gasteiger partial charge >= 0.3 is 0 Å². The zero-order chi connectivity index (χ0) is 13.8. The number of aliphatic carboxylic acids is 1. The van der Waals surface area contributed by atoms with Crippen LogP contribution in [0.25, 0.3) is 0 Å². The Morgan fingerprint density at radius 1 is 1.05 bits per heavy atom. The van der Waals surface area contributed by atoms with Crippen molar-refractivity contribution in [3.05, 3.63) is 0 Å². The molecule has 1 saturated carbocycles. The minimum atomic E-state index is -1.04. The summed E-state index contributed by atoms with van der Waals surface area (Å²) in [7, 11) is 0. The zero-order valence-electron chi connectivity index (χ0n) is 11.1. The molecule has 5 nitrogen and oxygen atoms in total. The Morgan fingerprint density at radius 3 is 2.16 bits per heavy atom. The van der Waals surface area contributed by atoms with Crippen LogP contribution in [0.15, 0.2) is 0 Å². The molecule has 106 valence electrons. The van der Waals surface area contributed by atoms with Crippen LogP contribution in [0.4, 0.5) is 0 Å². The van der Waals surface area contributed by atoms with Crippen LogP contribution in [0, 0.1) is 11.8 Å². The molecule has 1 aliphatic heterocycles. The van der Waals surface area contributed by atoms with Crippen LogP contribution in [0.5, 0.6) is 0 Å². The van der Waals surface area contributed by atoms with Gasteiger partial charge in [-0.25, -0.2) is 0 Å². The predicted molar refractivity (Wildman–Crippen MR) is 65.6 cm³/mol. The van der Waals surface area contributed by atoms with Gasteiger partial charge in [-0.1, -0.05) is 19.3 Å². The average molecular weight is 266 g/mol. The van der Waals surface area contributed by atoms with Gasteiger partial charge < -0.3 is 9.90 Å². The first-order valence-corrected chi connectivity index (χ1v) is 7.16. The van der Waals surface area contributed by atoms with E-state index in [-0.39, 0.29) is 30.1 Å². The third-order valence-corrected chi connectivity index (χ3v) is 4.20. The highest BCUT2D eigenvalue weighted by Crippen LogP contribution is 2.38. The van der Waals surface area contributed by atoms with Gasteiger partial charge in [0.2, 0.25) is 11.8 Å². The van der Waals surface area contributed by atoms with Gasteiger partial charge in [0, 0.05) is 12.5 Å². The molecule has 0 aromatic rings. The number of amides is 2. The molecule has 0 N–H and O–H groups in total. The van der Waals surface area contributed by atoms with Gasteiger partial charge in [-0.05, 0) is 32.1 Å². The molecule has 2 aliphatic rings. The highest BCUT2D eigenvalue weighted by molar-refractivity contribution is 6.05. The van der Waals surface area contributed by atoms with E-state index in [1.807, 2.05) is 0 Å². The summed E-state index contributed by atoms with van der Waals surface area (Å²) in [6.07, 6.45) is 5.76. The van der Waals surface area contributed by atoms with Crippen LogP contribution in [0.1, 0.15) is 51.4 Å². The van der Waals surface area contributed by atoms with E-state index < -0.39 is 5.97 Å². The first-order chi connectivity index (χ1) is 9.11. The number of hydrogen-bond donors (Lipinski definition) is 0. The number of nitrogens with zero attached hydrogens (tertiary/aromatic N) is 1. The van der Waals surface area contributed by atoms with Crippen molar-refractivity contribution in [2.45, 2.75) is 51.4 Å². The maximum atomic E-state index is 12.1. The van der Waals surface area contributed by atoms with E-state index in [4.69, 9.17) is 0 Å². The van der Waals surface area contributed by atoms with Gasteiger partial charge in [-0.2, -0.15) is 0 Å². The smallest absolute Gasteiger partial charge is 0.233 e. The summed E-state index contributed by atoms with van der Waals surface area (Å²) in [5.41, 5.74) is 0. The van der Waals surface area contributed by atoms with E-state index in [1.54, 1.807) is 0 Å². The molecule has 0 aromatic carbocycles. The minimum Gasteiger partial charge on any atom is -0.550 e. The number of fused-ring (bicyclic) bond motifs is 1. The van der Waals surface area contributed by atoms with E-state index in [1.165, 1.54) is 4.90 Å². The van der Waals surface area contributed by atoms with Crippen molar-refractivity contribution in [1.29, 1.82) is 0 Å². The Hall–Kier alpha value is -1.39. The minimum absolute atomic E-state index is 0.00500. The molecule has 2 atom stereocenters. The van der Waals surface area contributed by atoms with Crippen molar-refractivity contribution in [2.24, 2.45) is 11.8 Å². The highest BCUT2D eigenvalue weighted by Gasteiger charge is 2.47. The maximum Gasteiger partial charge on any atom is 0.233 e. The van der Waals surface area contributed by atoms with Crippen LogP contribution in [-0.2, 0) is 14.4 Å². The van der Waals surface area contributed by atoms with Crippen LogP contribution < -0.4 is 5.11 Å². The number of carbonyl (C=O) groups excluding carboxylic acids is 3. The van der Waals surface area contributed by atoms with Gasteiger partial charge in [0.15, 0.2) is 0 Å². The number of imide groups is 1. The largest absolute Gasteiger partial charge is 0.550 e. The Balaban J connectivity index is 1.78. The molecule has 0 bridgehead atoms. The summed E-state index contributed by atoms with van der Waals surface area (Å²) in [5, 5.41) is 10.3. The first-order valence-electron chi connectivity index (χ1n) is 7.16.